The van der Waals surface area contributed by atoms with Crippen LogP contribution in [0.2, 0.25) is 5.02 Å². The van der Waals surface area contributed by atoms with E-state index in [9.17, 15) is 9.90 Å². The third-order valence-electron chi connectivity index (χ3n) is 2.98. The third kappa shape index (κ3) is 2.64. The van der Waals surface area contributed by atoms with Crippen LogP contribution in [-0.2, 0) is 0 Å². The molecule has 3 rings (SSSR count). The lowest BCUT2D eigenvalue weighted by Crippen LogP contribution is -2.07. The average molecular weight is 300 g/mol. The lowest BCUT2D eigenvalue weighted by atomic mass is 10.2. The first-order valence-electron chi connectivity index (χ1n) is 6.15. The molecule has 0 aliphatic carbocycles. The highest BCUT2D eigenvalue weighted by Gasteiger charge is 2.16. The molecule has 0 fully saturated rings. The minimum atomic E-state index is -1.04. The third-order valence-corrected chi connectivity index (χ3v) is 3.23. The number of carboxylic acid groups (broad SMARTS) is 1. The Labute approximate surface area is 125 Å². The Balaban J connectivity index is 2.14. The summed E-state index contributed by atoms with van der Waals surface area (Å²) in [5.41, 5.74) is 2.10. The average Bonchev–Trinajstić information content (AvgIpc) is 2.94. The number of carboxylic acids is 1. The summed E-state index contributed by atoms with van der Waals surface area (Å²) in [5, 5.41) is 14.3. The number of carbonyl (C=O) groups is 1. The van der Waals surface area contributed by atoms with E-state index in [2.05, 4.69) is 10.1 Å². The molecule has 0 radical (unpaired) electrons. The second kappa shape index (κ2) is 5.38. The van der Waals surface area contributed by atoms with E-state index < -0.39 is 5.97 Å². The van der Waals surface area contributed by atoms with Gasteiger partial charge in [-0.05, 0) is 42.5 Å². The molecule has 1 N–H and O–H groups in total. The number of aromatic nitrogens is 3. The van der Waals surface area contributed by atoms with Gasteiger partial charge in [0.1, 0.15) is 0 Å². The SMILES string of the molecule is O=C(O)c1cc(-c2ccncc2)nn1-c1ccc(Cl)cc1. The molecule has 3 aromatic rings. The van der Waals surface area contributed by atoms with Crippen molar-refractivity contribution in [3.63, 3.8) is 0 Å². The largest absolute Gasteiger partial charge is 0.477 e. The van der Waals surface area contributed by atoms with E-state index in [0.29, 0.717) is 16.4 Å². The number of pyridine rings is 1. The molecule has 0 aliphatic heterocycles. The van der Waals surface area contributed by atoms with Gasteiger partial charge in [0.2, 0.25) is 0 Å². The maximum absolute atomic E-state index is 11.4. The molecule has 6 heteroatoms. The fraction of sp³-hybridized carbons (Fsp3) is 0. The van der Waals surface area contributed by atoms with Gasteiger partial charge in [-0.25, -0.2) is 9.48 Å². The Bertz CT molecular complexity index is 782. The van der Waals surface area contributed by atoms with E-state index in [4.69, 9.17) is 11.6 Å². The first kappa shape index (κ1) is 13.3. The van der Waals surface area contributed by atoms with Crippen LogP contribution < -0.4 is 0 Å². The predicted molar refractivity (Wildman–Crippen MR) is 78.8 cm³/mol. The van der Waals surface area contributed by atoms with Crippen LogP contribution in [0, 0.1) is 0 Å². The summed E-state index contributed by atoms with van der Waals surface area (Å²) in [6.07, 6.45) is 3.27. The molecule has 0 aliphatic rings. The van der Waals surface area contributed by atoms with E-state index in [1.807, 2.05) is 0 Å². The molecule has 0 saturated heterocycles. The molecule has 5 nitrogen and oxygen atoms in total. The zero-order valence-corrected chi connectivity index (χ0v) is 11.5. The summed E-state index contributed by atoms with van der Waals surface area (Å²) in [6.45, 7) is 0. The van der Waals surface area contributed by atoms with Gasteiger partial charge in [-0.2, -0.15) is 5.10 Å². The van der Waals surface area contributed by atoms with Gasteiger partial charge in [0, 0.05) is 23.0 Å². The van der Waals surface area contributed by atoms with Crippen molar-refractivity contribution >= 4 is 17.6 Å². The van der Waals surface area contributed by atoms with Crippen molar-refractivity contribution in [2.24, 2.45) is 0 Å². The number of halogens is 1. The van der Waals surface area contributed by atoms with E-state index in [0.717, 1.165) is 5.56 Å². The molecule has 104 valence electrons. The molecule has 1 aromatic carbocycles. The zero-order chi connectivity index (χ0) is 14.8. The highest BCUT2D eigenvalue weighted by atomic mass is 35.5. The summed E-state index contributed by atoms with van der Waals surface area (Å²) >= 11 is 5.85. The summed E-state index contributed by atoms with van der Waals surface area (Å²) in [5.74, 6) is -1.04. The minimum absolute atomic E-state index is 0.0872. The highest BCUT2D eigenvalue weighted by Crippen LogP contribution is 2.22. The van der Waals surface area contributed by atoms with Crippen molar-refractivity contribution in [2.45, 2.75) is 0 Å². The Morgan fingerprint density at radius 2 is 1.76 bits per heavy atom. The summed E-state index contributed by atoms with van der Waals surface area (Å²) in [6, 6.07) is 11.9. The first-order valence-corrected chi connectivity index (χ1v) is 6.52. The Kier molecular flexibility index (Phi) is 3.41. The van der Waals surface area contributed by atoms with Gasteiger partial charge >= 0.3 is 5.97 Å². The van der Waals surface area contributed by atoms with Gasteiger partial charge in [-0.3, -0.25) is 4.98 Å². The molecule has 2 heterocycles. The number of aromatic carboxylic acids is 1. The van der Waals surface area contributed by atoms with E-state index in [1.165, 1.54) is 10.7 Å². The van der Waals surface area contributed by atoms with Gasteiger partial charge in [0.05, 0.1) is 11.4 Å². The number of benzene rings is 1. The second-order valence-corrected chi connectivity index (χ2v) is 4.78. The van der Waals surface area contributed by atoms with Gasteiger partial charge in [-0.15, -0.1) is 0 Å². The molecule has 0 unspecified atom stereocenters. The van der Waals surface area contributed by atoms with Crippen molar-refractivity contribution in [3.05, 3.63) is 65.6 Å². The summed E-state index contributed by atoms with van der Waals surface area (Å²) in [4.78, 5) is 15.3. The van der Waals surface area contributed by atoms with Crippen molar-refractivity contribution in [1.82, 2.24) is 14.8 Å². The molecule has 0 spiro atoms. The second-order valence-electron chi connectivity index (χ2n) is 4.34. The van der Waals surface area contributed by atoms with Crippen molar-refractivity contribution in [1.29, 1.82) is 0 Å². The van der Waals surface area contributed by atoms with Crippen LogP contribution in [0.4, 0.5) is 0 Å². The number of nitrogens with zero attached hydrogens (tertiary/aromatic N) is 3. The predicted octanol–water partition coefficient (Wildman–Crippen LogP) is 3.29. The summed E-state index contributed by atoms with van der Waals surface area (Å²) in [7, 11) is 0. The van der Waals surface area contributed by atoms with Crippen molar-refractivity contribution in [3.8, 4) is 16.9 Å². The number of hydrogen-bond donors (Lipinski definition) is 1. The van der Waals surface area contributed by atoms with E-state index in [1.54, 1.807) is 48.8 Å². The van der Waals surface area contributed by atoms with Gasteiger partial charge in [0.25, 0.3) is 0 Å². The molecule has 0 atom stereocenters. The molecule has 0 bridgehead atoms. The monoisotopic (exact) mass is 299 g/mol. The normalized spacial score (nSPS) is 10.5. The van der Waals surface area contributed by atoms with Crippen LogP contribution >= 0.6 is 11.6 Å². The van der Waals surface area contributed by atoms with Crippen LogP contribution in [0.5, 0.6) is 0 Å². The molecule has 0 amide bonds. The number of rotatable bonds is 3. The Hall–Kier alpha value is -2.66. The zero-order valence-electron chi connectivity index (χ0n) is 10.8. The van der Waals surface area contributed by atoms with Crippen LogP contribution in [0.3, 0.4) is 0 Å². The maximum atomic E-state index is 11.4. The molecule has 0 saturated carbocycles. The smallest absolute Gasteiger partial charge is 0.354 e. The van der Waals surface area contributed by atoms with Crippen molar-refractivity contribution < 1.29 is 9.90 Å². The van der Waals surface area contributed by atoms with Crippen LogP contribution in [0.1, 0.15) is 10.5 Å². The lowest BCUT2D eigenvalue weighted by molar-refractivity contribution is 0.0687. The molecule has 2 aromatic heterocycles. The van der Waals surface area contributed by atoms with Crippen LogP contribution in [-0.4, -0.2) is 25.8 Å². The lowest BCUT2D eigenvalue weighted by Gasteiger charge is -2.04. The maximum Gasteiger partial charge on any atom is 0.354 e. The van der Waals surface area contributed by atoms with Gasteiger partial charge in [-0.1, -0.05) is 11.6 Å². The summed E-state index contributed by atoms with van der Waals surface area (Å²) < 4.78 is 1.38. The van der Waals surface area contributed by atoms with Crippen LogP contribution in [0.15, 0.2) is 54.9 Å². The van der Waals surface area contributed by atoms with E-state index >= 15 is 0 Å². The topological polar surface area (TPSA) is 68.0 Å². The molecular weight excluding hydrogens is 290 g/mol. The molecular formula is C15H10ClN3O2. The fourth-order valence-electron chi connectivity index (χ4n) is 1.98. The fourth-order valence-corrected chi connectivity index (χ4v) is 2.10. The quantitative estimate of drug-likeness (QED) is 0.806. The Morgan fingerprint density at radius 1 is 1.10 bits per heavy atom. The Morgan fingerprint density at radius 3 is 2.38 bits per heavy atom. The van der Waals surface area contributed by atoms with Gasteiger partial charge < -0.3 is 5.11 Å². The highest BCUT2D eigenvalue weighted by molar-refractivity contribution is 6.30. The number of hydrogen-bond acceptors (Lipinski definition) is 3. The molecule has 21 heavy (non-hydrogen) atoms. The van der Waals surface area contributed by atoms with Crippen LogP contribution in [0.25, 0.3) is 16.9 Å². The minimum Gasteiger partial charge on any atom is -0.477 e. The standard InChI is InChI=1S/C15H10ClN3O2/c16-11-1-3-12(4-2-11)19-14(15(20)21)9-13(18-19)10-5-7-17-8-6-10/h1-9H,(H,20,21). The van der Waals surface area contributed by atoms with E-state index in [-0.39, 0.29) is 5.69 Å². The first-order chi connectivity index (χ1) is 10.1. The van der Waals surface area contributed by atoms with Crippen molar-refractivity contribution in [2.75, 3.05) is 0 Å². The van der Waals surface area contributed by atoms with Gasteiger partial charge in [0.15, 0.2) is 5.69 Å².